The third-order valence-corrected chi connectivity index (χ3v) is 3.34. The summed E-state index contributed by atoms with van der Waals surface area (Å²) >= 11 is 0. The Kier molecular flexibility index (Phi) is 4.08. The number of hydrogen-bond donors (Lipinski definition) is 0. The maximum absolute atomic E-state index is 9.32. The van der Waals surface area contributed by atoms with Gasteiger partial charge in [-0.3, -0.25) is 9.88 Å². The summed E-state index contributed by atoms with van der Waals surface area (Å²) in [5, 5.41) is 9.32. The first-order chi connectivity index (χ1) is 8.35. The van der Waals surface area contributed by atoms with Crippen molar-refractivity contribution in [2.75, 3.05) is 32.7 Å². The van der Waals surface area contributed by atoms with E-state index >= 15 is 0 Å². The molecule has 90 valence electrons. The zero-order valence-electron chi connectivity index (χ0n) is 10.2. The second-order valence-corrected chi connectivity index (χ2v) is 4.29. The number of likely N-dealkylation sites (N-methyl/N-ethyl adjacent to an activating group) is 1. The predicted molar refractivity (Wildman–Crippen MR) is 66.3 cm³/mol. The molecular formula is C13H18N4. The molecule has 1 unspecified atom stereocenters. The van der Waals surface area contributed by atoms with Gasteiger partial charge in [0.05, 0.1) is 6.07 Å². The van der Waals surface area contributed by atoms with Gasteiger partial charge in [-0.2, -0.15) is 5.26 Å². The third-order valence-electron chi connectivity index (χ3n) is 3.34. The van der Waals surface area contributed by atoms with Gasteiger partial charge in [-0.15, -0.1) is 0 Å². The first kappa shape index (κ1) is 12.0. The lowest BCUT2D eigenvalue weighted by molar-refractivity contribution is 0.118. The van der Waals surface area contributed by atoms with Crippen molar-refractivity contribution in [1.29, 1.82) is 5.26 Å². The number of nitrogens with zero attached hydrogens (tertiary/aromatic N) is 4. The van der Waals surface area contributed by atoms with Crippen LogP contribution in [0.2, 0.25) is 0 Å². The second kappa shape index (κ2) is 5.76. The van der Waals surface area contributed by atoms with Crippen LogP contribution in [-0.4, -0.2) is 47.5 Å². The minimum atomic E-state index is -0.150. The van der Waals surface area contributed by atoms with Gasteiger partial charge in [-0.25, -0.2) is 0 Å². The summed E-state index contributed by atoms with van der Waals surface area (Å²) in [7, 11) is 0. The van der Waals surface area contributed by atoms with Gasteiger partial charge in [0.25, 0.3) is 0 Å². The van der Waals surface area contributed by atoms with E-state index in [1.807, 2.05) is 12.1 Å². The lowest BCUT2D eigenvalue weighted by atomic mass is 10.1. The summed E-state index contributed by atoms with van der Waals surface area (Å²) in [6, 6.07) is 6.11. The molecule has 4 heteroatoms. The standard InChI is InChI=1S/C13H18N4/c1-2-16-6-8-17(9-7-16)13(10-14)12-4-3-5-15-11-12/h3-5,11,13H,2,6-9H2,1H3. The van der Waals surface area contributed by atoms with Crippen molar-refractivity contribution in [3.63, 3.8) is 0 Å². The highest BCUT2D eigenvalue weighted by molar-refractivity contribution is 5.20. The number of nitriles is 1. The van der Waals surface area contributed by atoms with Crippen LogP contribution in [0.15, 0.2) is 24.5 Å². The molecule has 0 N–H and O–H groups in total. The van der Waals surface area contributed by atoms with Crippen molar-refractivity contribution < 1.29 is 0 Å². The summed E-state index contributed by atoms with van der Waals surface area (Å²) in [6.45, 7) is 7.29. The van der Waals surface area contributed by atoms with Crippen LogP contribution in [0.25, 0.3) is 0 Å². The lowest BCUT2D eigenvalue weighted by Crippen LogP contribution is -2.47. The minimum Gasteiger partial charge on any atom is -0.301 e. The van der Waals surface area contributed by atoms with Crippen LogP contribution in [0.3, 0.4) is 0 Å². The summed E-state index contributed by atoms with van der Waals surface area (Å²) in [5.74, 6) is 0. The number of aromatic nitrogens is 1. The van der Waals surface area contributed by atoms with Crippen molar-refractivity contribution in [3.8, 4) is 6.07 Å². The lowest BCUT2D eigenvalue weighted by Gasteiger charge is -2.36. The van der Waals surface area contributed by atoms with Gasteiger partial charge in [0.1, 0.15) is 6.04 Å². The van der Waals surface area contributed by atoms with Crippen LogP contribution in [0, 0.1) is 11.3 Å². The molecule has 0 saturated carbocycles. The molecular weight excluding hydrogens is 212 g/mol. The Bertz CT molecular complexity index is 376. The van der Waals surface area contributed by atoms with E-state index in [0.29, 0.717) is 0 Å². The van der Waals surface area contributed by atoms with Gasteiger partial charge in [0.15, 0.2) is 0 Å². The number of pyridine rings is 1. The van der Waals surface area contributed by atoms with E-state index in [0.717, 1.165) is 38.3 Å². The second-order valence-electron chi connectivity index (χ2n) is 4.29. The molecule has 17 heavy (non-hydrogen) atoms. The molecule has 0 amide bonds. The molecule has 2 heterocycles. The Morgan fingerprint density at radius 2 is 2.18 bits per heavy atom. The quantitative estimate of drug-likeness (QED) is 0.784. The van der Waals surface area contributed by atoms with Gasteiger partial charge < -0.3 is 4.90 Å². The van der Waals surface area contributed by atoms with E-state index in [-0.39, 0.29) is 6.04 Å². The van der Waals surface area contributed by atoms with Crippen LogP contribution in [0.5, 0.6) is 0 Å². The largest absolute Gasteiger partial charge is 0.301 e. The monoisotopic (exact) mass is 230 g/mol. The van der Waals surface area contributed by atoms with E-state index in [2.05, 4.69) is 27.8 Å². The molecule has 1 aromatic heterocycles. The number of hydrogen-bond acceptors (Lipinski definition) is 4. The molecule has 0 bridgehead atoms. The van der Waals surface area contributed by atoms with Crippen LogP contribution in [-0.2, 0) is 0 Å². The molecule has 4 nitrogen and oxygen atoms in total. The Morgan fingerprint density at radius 1 is 1.41 bits per heavy atom. The SMILES string of the molecule is CCN1CCN(C(C#N)c2cccnc2)CC1. The third kappa shape index (κ3) is 2.82. The molecule has 0 aliphatic carbocycles. The van der Waals surface area contributed by atoms with Crippen LogP contribution >= 0.6 is 0 Å². The average Bonchev–Trinajstić information content (AvgIpc) is 2.42. The molecule has 1 atom stereocenters. The average molecular weight is 230 g/mol. The smallest absolute Gasteiger partial charge is 0.125 e. The maximum atomic E-state index is 9.32. The molecule has 1 aromatic rings. The fourth-order valence-corrected chi connectivity index (χ4v) is 2.24. The predicted octanol–water partition coefficient (Wildman–Crippen LogP) is 1.28. The van der Waals surface area contributed by atoms with Crippen LogP contribution in [0.1, 0.15) is 18.5 Å². The van der Waals surface area contributed by atoms with E-state index in [1.165, 1.54) is 0 Å². The maximum Gasteiger partial charge on any atom is 0.125 e. The van der Waals surface area contributed by atoms with Crippen molar-refractivity contribution in [3.05, 3.63) is 30.1 Å². The minimum absolute atomic E-state index is 0.150. The first-order valence-electron chi connectivity index (χ1n) is 6.11. The van der Waals surface area contributed by atoms with E-state index < -0.39 is 0 Å². The highest BCUT2D eigenvalue weighted by Crippen LogP contribution is 2.20. The van der Waals surface area contributed by atoms with E-state index in [1.54, 1.807) is 12.4 Å². The van der Waals surface area contributed by atoms with Crippen molar-refractivity contribution >= 4 is 0 Å². The molecule has 0 aromatic carbocycles. The van der Waals surface area contributed by atoms with Gasteiger partial charge in [-0.1, -0.05) is 13.0 Å². The van der Waals surface area contributed by atoms with E-state index in [4.69, 9.17) is 0 Å². The molecule has 1 aliphatic heterocycles. The van der Waals surface area contributed by atoms with Gasteiger partial charge >= 0.3 is 0 Å². The summed E-state index contributed by atoms with van der Waals surface area (Å²) in [5.41, 5.74) is 1.000. The molecule has 1 fully saturated rings. The summed E-state index contributed by atoms with van der Waals surface area (Å²) in [6.07, 6.45) is 3.53. The molecule has 0 spiro atoms. The zero-order chi connectivity index (χ0) is 12.1. The number of rotatable bonds is 3. The van der Waals surface area contributed by atoms with E-state index in [9.17, 15) is 5.26 Å². The van der Waals surface area contributed by atoms with Gasteiger partial charge in [0, 0.05) is 44.1 Å². The molecule has 1 saturated heterocycles. The van der Waals surface area contributed by atoms with Crippen molar-refractivity contribution in [2.45, 2.75) is 13.0 Å². The van der Waals surface area contributed by atoms with Crippen molar-refractivity contribution in [2.24, 2.45) is 0 Å². The fourth-order valence-electron chi connectivity index (χ4n) is 2.24. The van der Waals surface area contributed by atoms with Crippen LogP contribution in [0.4, 0.5) is 0 Å². The Hall–Kier alpha value is -1.44. The Balaban J connectivity index is 2.04. The summed E-state index contributed by atoms with van der Waals surface area (Å²) < 4.78 is 0. The van der Waals surface area contributed by atoms with Gasteiger partial charge in [-0.05, 0) is 12.6 Å². The number of piperazine rings is 1. The molecule has 2 rings (SSSR count). The van der Waals surface area contributed by atoms with Crippen LogP contribution < -0.4 is 0 Å². The normalized spacial score (nSPS) is 19.8. The first-order valence-corrected chi connectivity index (χ1v) is 6.11. The zero-order valence-corrected chi connectivity index (χ0v) is 10.2. The fraction of sp³-hybridized carbons (Fsp3) is 0.538. The Labute approximate surface area is 102 Å². The molecule has 0 radical (unpaired) electrons. The molecule has 1 aliphatic rings. The highest BCUT2D eigenvalue weighted by atomic mass is 15.3. The summed E-state index contributed by atoms with van der Waals surface area (Å²) in [4.78, 5) is 8.74. The van der Waals surface area contributed by atoms with Crippen molar-refractivity contribution in [1.82, 2.24) is 14.8 Å². The topological polar surface area (TPSA) is 43.2 Å². The van der Waals surface area contributed by atoms with Gasteiger partial charge in [0.2, 0.25) is 0 Å². The highest BCUT2D eigenvalue weighted by Gasteiger charge is 2.24. The Morgan fingerprint density at radius 3 is 2.71 bits per heavy atom.